The molecule has 1 atom stereocenters. The van der Waals surface area contributed by atoms with Crippen molar-refractivity contribution in [3.05, 3.63) is 0 Å². The summed E-state index contributed by atoms with van der Waals surface area (Å²) in [6, 6.07) is 0. The Balaban J connectivity index is 2.06. The van der Waals surface area contributed by atoms with Crippen molar-refractivity contribution in [1.29, 1.82) is 0 Å². The highest BCUT2D eigenvalue weighted by molar-refractivity contribution is 4.92. The normalized spacial score (nSPS) is 20.2. The van der Waals surface area contributed by atoms with Gasteiger partial charge in [-0.2, -0.15) is 0 Å². The van der Waals surface area contributed by atoms with Gasteiger partial charge in [-0.05, 0) is 19.8 Å². The minimum atomic E-state index is -0.532. The summed E-state index contributed by atoms with van der Waals surface area (Å²) < 4.78 is 10.4. The summed E-state index contributed by atoms with van der Waals surface area (Å²) >= 11 is 0. The number of rotatable bonds is 10. The molecule has 108 valence electrons. The van der Waals surface area contributed by atoms with Crippen molar-refractivity contribution >= 4 is 0 Å². The van der Waals surface area contributed by atoms with Gasteiger partial charge in [-0.1, -0.05) is 12.8 Å². The SMILES string of the molecule is CCOCCOCC(O)CNC1(CO)CCCC1. The van der Waals surface area contributed by atoms with Crippen molar-refractivity contribution in [3.63, 3.8) is 0 Å². The van der Waals surface area contributed by atoms with E-state index in [2.05, 4.69) is 5.32 Å². The van der Waals surface area contributed by atoms with E-state index in [9.17, 15) is 10.2 Å². The number of nitrogens with one attached hydrogen (secondary N) is 1. The van der Waals surface area contributed by atoms with Crippen LogP contribution < -0.4 is 5.32 Å². The van der Waals surface area contributed by atoms with Gasteiger partial charge >= 0.3 is 0 Å². The van der Waals surface area contributed by atoms with Crippen LogP contribution in [0.25, 0.3) is 0 Å². The van der Waals surface area contributed by atoms with Gasteiger partial charge in [-0.15, -0.1) is 0 Å². The van der Waals surface area contributed by atoms with Gasteiger partial charge in [0.1, 0.15) is 0 Å². The number of hydrogen-bond acceptors (Lipinski definition) is 5. The second kappa shape index (κ2) is 8.82. The van der Waals surface area contributed by atoms with Crippen molar-refractivity contribution in [1.82, 2.24) is 5.32 Å². The van der Waals surface area contributed by atoms with Gasteiger partial charge in [0.05, 0.1) is 32.5 Å². The van der Waals surface area contributed by atoms with E-state index in [1.165, 1.54) is 0 Å². The Labute approximate surface area is 109 Å². The predicted octanol–water partition coefficient (Wildman–Crippen LogP) is 0.295. The highest BCUT2D eigenvalue weighted by Gasteiger charge is 2.32. The molecule has 5 nitrogen and oxygen atoms in total. The van der Waals surface area contributed by atoms with Crippen LogP contribution >= 0.6 is 0 Å². The van der Waals surface area contributed by atoms with Crippen LogP contribution in [0.4, 0.5) is 0 Å². The molecule has 1 saturated carbocycles. The molecule has 0 aliphatic heterocycles. The fourth-order valence-electron chi connectivity index (χ4n) is 2.32. The van der Waals surface area contributed by atoms with E-state index in [1.54, 1.807) is 0 Å². The zero-order valence-electron chi connectivity index (χ0n) is 11.4. The summed E-state index contributed by atoms with van der Waals surface area (Å²) in [4.78, 5) is 0. The van der Waals surface area contributed by atoms with Gasteiger partial charge in [-0.25, -0.2) is 0 Å². The standard InChI is InChI=1S/C13H27NO4/c1-2-17-7-8-18-10-12(16)9-14-13(11-15)5-3-4-6-13/h12,14-16H,2-11H2,1H3. The third-order valence-corrected chi connectivity index (χ3v) is 3.46. The van der Waals surface area contributed by atoms with Crippen molar-refractivity contribution in [3.8, 4) is 0 Å². The largest absolute Gasteiger partial charge is 0.394 e. The van der Waals surface area contributed by atoms with Crippen molar-refractivity contribution in [2.75, 3.05) is 39.6 Å². The maximum atomic E-state index is 9.77. The van der Waals surface area contributed by atoms with Gasteiger partial charge in [0.2, 0.25) is 0 Å². The number of ether oxygens (including phenoxy) is 2. The molecule has 1 aliphatic carbocycles. The second-order valence-corrected chi connectivity index (χ2v) is 4.95. The van der Waals surface area contributed by atoms with E-state index in [0.717, 1.165) is 25.7 Å². The summed E-state index contributed by atoms with van der Waals surface area (Å²) in [7, 11) is 0. The Morgan fingerprint density at radius 1 is 1.22 bits per heavy atom. The summed E-state index contributed by atoms with van der Waals surface area (Å²) in [6.45, 7) is 4.62. The third-order valence-electron chi connectivity index (χ3n) is 3.46. The minimum Gasteiger partial charge on any atom is -0.394 e. The van der Waals surface area contributed by atoms with Crippen LogP contribution in [0.3, 0.4) is 0 Å². The average Bonchev–Trinajstić information content (AvgIpc) is 2.86. The molecule has 0 aromatic carbocycles. The van der Waals surface area contributed by atoms with Crippen molar-refractivity contribution < 1.29 is 19.7 Å². The van der Waals surface area contributed by atoms with Gasteiger partial charge in [-0.3, -0.25) is 0 Å². The first-order valence-electron chi connectivity index (χ1n) is 6.92. The number of aliphatic hydroxyl groups excluding tert-OH is 2. The molecule has 18 heavy (non-hydrogen) atoms. The Hall–Kier alpha value is -0.200. The number of aliphatic hydroxyl groups is 2. The summed E-state index contributed by atoms with van der Waals surface area (Å²) in [5.74, 6) is 0. The molecule has 1 unspecified atom stereocenters. The topological polar surface area (TPSA) is 71.0 Å². The van der Waals surface area contributed by atoms with Gasteiger partial charge in [0.25, 0.3) is 0 Å². The summed E-state index contributed by atoms with van der Waals surface area (Å²) in [5, 5.41) is 22.5. The van der Waals surface area contributed by atoms with Crippen LogP contribution in [0, 0.1) is 0 Å². The van der Waals surface area contributed by atoms with Crippen molar-refractivity contribution in [2.24, 2.45) is 0 Å². The molecular weight excluding hydrogens is 234 g/mol. The fourth-order valence-corrected chi connectivity index (χ4v) is 2.32. The van der Waals surface area contributed by atoms with E-state index < -0.39 is 6.10 Å². The van der Waals surface area contributed by atoms with Gasteiger partial charge in [0, 0.05) is 18.7 Å². The Morgan fingerprint density at radius 2 is 1.89 bits per heavy atom. The van der Waals surface area contributed by atoms with Gasteiger partial charge in [0.15, 0.2) is 0 Å². The van der Waals surface area contributed by atoms with Crippen molar-refractivity contribution in [2.45, 2.75) is 44.2 Å². The Kier molecular flexibility index (Phi) is 7.77. The highest BCUT2D eigenvalue weighted by Crippen LogP contribution is 2.28. The van der Waals surface area contributed by atoms with E-state index in [-0.39, 0.29) is 12.1 Å². The van der Waals surface area contributed by atoms with Crippen LogP contribution in [0.2, 0.25) is 0 Å². The van der Waals surface area contributed by atoms with E-state index in [0.29, 0.717) is 33.0 Å². The first-order valence-corrected chi connectivity index (χ1v) is 6.92. The highest BCUT2D eigenvalue weighted by atomic mass is 16.5. The lowest BCUT2D eigenvalue weighted by Gasteiger charge is -2.29. The minimum absolute atomic E-state index is 0.144. The molecule has 5 heteroatoms. The summed E-state index contributed by atoms with van der Waals surface area (Å²) in [6.07, 6.45) is 3.74. The lowest BCUT2D eigenvalue weighted by Crippen LogP contribution is -2.49. The van der Waals surface area contributed by atoms with Crippen LogP contribution in [-0.2, 0) is 9.47 Å². The van der Waals surface area contributed by atoms with Gasteiger partial charge < -0.3 is 25.0 Å². The molecule has 1 fully saturated rings. The van der Waals surface area contributed by atoms with E-state index in [4.69, 9.17) is 9.47 Å². The zero-order valence-corrected chi connectivity index (χ0v) is 11.4. The van der Waals surface area contributed by atoms with Crippen LogP contribution in [-0.4, -0.2) is 61.4 Å². The van der Waals surface area contributed by atoms with Crippen LogP contribution in [0.15, 0.2) is 0 Å². The lowest BCUT2D eigenvalue weighted by molar-refractivity contribution is 0.00257. The second-order valence-electron chi connectivity index (χ2n) is 4.95. The Morgan fingerprint density at radius 3 is 2.50 bits per heavy atom. The quantitative estimate of drug-likeness (QED) is 0.493. The summed E-state index contributed by atoms with van der Waals surface area (Å²) in [5.41, 5.74) is -0.174. The molecule has 0 aromatic rings. The molecule has 0 spiro atoms. The molecule has 0 heterocycles. The first-order chi connectivity index (χ1) is 8.72. The smallest absolute Gasteiger partial charge is 0.0897 e. The fraction of sp³-hybridized carbons (Fsp3) is 1.00. The molecule has 0 saturated heterocycles. The van der Waals surface area contributed by atoms with E-state index >= 15 is 0 Å². The molecule has 3 N–H and O–H groups in total. The molecule has 0 amide bonds. The maximum Gasteiger partial charge on any atom is 0.0897 e. The predicted molar refractivity (Wildman–Crippen MR) is 69.6 cm³/mol. The first kappa shape index (κ1) is 15.9. The average molecular weight is 261 g/mol. The monoisotopic (exact) mass is 261 g/mol. The Bertz CT molecular complexity index is 207. The zero-order chi connectivity index (χ0) is 13.3. The molecular formula is C13H27NO4. The van der Waals surface area contributed by atoms with E-state index in [1.807, 2.05) is 6.92 Å². The third kappa shape index (κ3) is 5.63. The number of β-amino-alcohol motifs (C(OH)–C–C–N with tert-alkyl or cyclic N) is 1. The maximum absolute atomic E-state index is 9.77. The molecule has 1 rings (SSSR count). The van der Waals surface area contributed by atoms with Crippen LogP contribution in [0.1, 0.15) is 32.6 Å². The van der Waals surface area contributed by atoms with Crippen LogP contribution in [0.5, 0.6) is 0 Å². The molecule has 0 bridgehead atoms. The molecule has 0 radical (unpaired) electrons. The lowest BCUT2D eigenvalue weighted by atomic mass is 9.99. The molecule has 0 aromatic heterocycles. The number of hydrogen-bond donors (Lipinski definition) is 3. The molecule has 1 aliphatic rings.